The molecule has 1 amide bonds. The van der Waals surface area contributed by atoms with Crippen molar-refractivity contribution >= 4 is 11.6 Å². The zero-order valence-corrected chi connectivity index (χ0v) is 10.4. The monoisotopic (exact) mass is 252 g/mol. The predicted octanol–water partition coefficient (Wildman–Crippen LogP) is 2.54. The number of nitrogens with zero attached hydrogens (tertiary/aromatic N) is 2. The first-order valence-corrected chi connectivity index (χ1v) is 5.69. The van der Waals surface area contributed by atoms with Crippen molar-refractivity contribution in [1.82, 2.24) is 0 Å². The fraction of sp³-hybridized carbons (Fsp3) is 0.0667. The van der Waals surface area contributed by atoms with E-state index in [2.05, 4.69) is 0 Å². The number of nitriles is 1. The fourth-order valence-corrected chi connectivity index (χ4v) is 1.70. The summed E-state index contributed by atoms with van der Waals surface area (Å²) in [5.74, 6) is -0.0826. The summed E-state index contributed by atoms with van der Waals surface area (Å²) in [6.07, 6.45) is 0. The van der Waals surface area contributed by atoms with Crippen molar-refractivity contribution in [3.8, 4) is 11.8 Å². The first kappa shape index (κ1) is 12.7. The van der Waals surface area contributed by atoms with Gasteiger partial charge in [-0.1, -0.05) is 6.07 Å². The van der Waals surface area contributed by atoms with Gasteiger partial charge in [-0.15, -0.1) is 0 Å². The average Bonchev–Trinajstić information content (AvgIpc) is 2.46. The second-order valence-corrected chi connectivity index (χ2v) is 4.07. The molecule has 1 N–H and O–H groups in total. The topological polar surface area (TPSA) is 64.3 Å². The molecule has 4 nitrogen and oxygen atoms in total. The van der Waals surface area contributed by atoms with Crippen LogP contribution in [-0.4, -0.2) is 18.1 Å². The summed E-state index contributed by atoms with van der Waals surface area (Å²) in [5.41, 5.74) is 1.63. The van der Waals surface area contributed by atoms with Crippen molar-refractivity contribution in [3.63, 3.8) is 0 Å². The Morgan fingerprint density at radius 2 is 1.89 bits per heavy atom. The average molecular weight is 252 g/mol. The van der Waals surface area contributed by atoms with E-state index in [1.165, 1.54) is 17.0 Å². The number of carbonyl (C=O) groups is 1. The van der Waals surface area contributed by atoms with Gasteiger partial charge >= 0.3 is 0 Å². The van der Waals surface area contributed by atoms with Crippen LogP contribution in [0.25, 0.3) is 0 Å². The number of benzene rings is 2. The van der Waals surface area contributed by atoms with Gasteiger partial charge in [0.15, 0.2) is 0 Å². The highest BCUT2D eigenvalue weighted by Crippen LogP contribution is 2.18. The van der Waals surface area contributed by atoms with Crippen molar-refractivity contribution in [2.75, 3.05) is 11.9 Å². The number of rotatable bonds is 2. The quantitative estimate of drug-likeness (QED) is 0.893. The Hall–Kier alpha value is -2.80. The lowest BCUT2D eigenvalue weighted by atomic mass is 10.1. The van der Waals surface area contributed by atoms with E-state index in [9.17, 15) is 9.90 Å². The Balaban J connectivity index is 2.28. The molecule has 4 heteroatoms. The maximum atomic E-state index is 12.2. The zero-order chi connectivity index (χ0) is 13.8. The second kappa shape index (κ2) is 5.23. The van der Waals surface area contributed by atoms with E-state index in [1.807, 2.05) is 6.07 Å². The summed E-state index contributed by atoms with van der Waals surface area (Å²) in [7, 11) is 1.64. The third kappa shape index (κ3) is 2.72. The molecule has 0 aliphatic heterocycles. The number of aromatic hydroxyl groups is 1. The van der Waals surface area contributed by atoms with E-state index in [-0.39, 0.29) is 11.7 Å². The Kier molecular flexibility index (Phi) is 3.48. The summed E-state index contributed by atoms with van der Waals surface area (Å²) >= 11 is 0. The predicted molar refractivity (Wildman–Crippen MR) is 72.0 cm³/mol. The molecule has 2 rings (SSSR count). The maximum absolute atomic E-state index is 12.2. The molecule has 0 aliphatic carbocycles. The molecule has 0 spiro atoms. The van der Waals surface area contributed by atoms with Crippen molar-refractivity contribution in [1.29, 1.82) is 5.26 Å². The lowest BCUT2D eigenvalue weighted by molar-refractivity contribution is 0.0993. The van der Waals surface area contributed by atoms with Gasteiger partial charge in [0, 0.05) is 18.3 Å². The van der Waals surface area contributed by atoms with E-state index < -0.39 is 0 Å². The van der Waals surface area contributed by atoms with Crippen LogP contribution in [0.1, 0.15) is 15.9 Å². The number of phenolic OH excluding ortho intramolecular Hbond substituents is 1. The lowest BCUT2D eigenvalue weighted by Crippen LogP contribution is -2.26. The van der Waals surface area contributed by atoms with Crippen LogP contribution in [0, 0.1) is 11.3 Å². The van der Waals surface area contributed by atoms with Crippen molar-refractivity contribution in [2.45, 2.75) is 0 Å². The third-order valence-electron chi connectivity index (χ3n) is 2.78. The summed E-state index contributed by atoms with van der Waals surface area (Å²) in [4.78, 5) is 13.7. The molecule has 2 aromatic carbocycles. The first-order chi connectivity index (χ1) is 9.11. The largest absolute Gasteiger partial charge is 0.508 e. The van der Waals surface area contributed by atoms with Gasteiger partial charge in [0.1, 0.15) is 5.75 Å². The summed E-state index contributed by atoms with van der Waals surface area (Å²) in [5, 5.41) is 18.1. The molecule has 19 heavy (non-hydrogen) atoms. The van der Waals surface area contributed by atoms with Crippen molar-refractivity contribution in [2.24, 2.45) is 0 Å². The van der Waals surface area contributed by atoms with Crippen molar-refractivity contribution in [3.05, 3.63) is 59.7 Å². The minimum atomic E-state index is -0.199. The highest BCUT2D eigenvalue weighted by atomic mass is 16.3. The van der Waals surface area contributed by atoms with Crippen LogP contribution in [0.2, 0.25) is 0 Å². The molecule has 2 aromatic rings. The smallest absolute Gasteiger partial charge is 0.258 e. The van der Waals surface area contributed by atoms with Gasteiger partial charge in [-0.2, -0.15) is 5.26 Å². The summed E-state index contributed by atoms with van der Waals surface area (Å²) < 4.78 is 0. The number of carbonyl (C=O) groups excluding carboxylic acids is 1. The molecule has 0 aliphatic rings. The first-order valence-electron chi connectivity index (χ1n) is 5.69. The normalized spacial score (nSPS) is 9.68. The van der Waals surface area contributed by atoms with Gasteiger partial charge in [-0.05, 0) is 42.5 Å². The molecule has 0 fully saturated rings. The van der Waals surface area contributed by atoms with E-state index in [0.29, 0.717) is 16.8 Å². The van der Waals surface area contributed by atoms with Gasteiger partial charge in [-0.3, -0.25) is 4.79 Å². The van der Waals surface area contributed by atoms with Crippen LogP contribution in [-0.2, 0) is 0 Å². The van der Waals surface area contributed by atoms with Gasteiger partial charge < -0.3 is 10.0 Å². The number of hydrogen-bond donors (Lipinski definition) is 1. The molecule has 0 radical (unpaired) electrons. The van der Waals surface area contributed by atoms with Crippen LogP contribution in [0.5, 0.6) is 5.75 Å². The standard InChI is InChI=1S/C15H12N2O2/c1-17(13-4-2-3-11(9-13)10-16)15(19)12-5-7-14(18)8-6-12/h2-9,18H,1H3. The number of anilines is 1. The van der Waals surface area contributed by atoms with E-state index in [0.717, 1.165) is 0 Å². The van der Waals surface area contributed by atoms with Crippen LogP contribution < -0.4 is 4.90 Å². The molecule has 0 aromatic heterocycles. The highest BCUT2D eigenvalue weighted by Gasteiger charge is 2.13. The van der Waals surface area contributed by atoms with Crippen LogP contribution in [0.15, 0.2) is 48.5 Å². The Bertz CT molecular complexity index is 642. The van der Waals surface area contributed by atoms with E-state index >= 15 is 0 Å². The van der Waals surface area contributed by atoms with Gasteiger partial charge in [0.2, 0.25) is 0 Å². The molecule has 0 unspecified atom stereocenters. The number of hydrogen-bond acceptors (Lipinski definition) is 3. The van der Waals surface area contributed by atoms with Gasteiger partial charge in [0.05, 0.1) is 11.6 Å². The fourth-order valence-electron chi connectivity index (χ4n) is 1.70. The zero-order valence-electron chi connectivity index (χ0n) is 10.4. The van der Waals surface area contributed by atoms with E-state index in [4.69, 9.17) is 5.26 Å². The molecular formula is C15H12N2O2. The minimum Gasteiger partial charge on any atom is -0.508 e. The molecule has 0 saturated heterocycles. The molecule has 0 bridgehead atoms. The highest BCUT2D eigenvalue weighted by molar-refractivity contribution is 6.05. The third-order valence-corrected chi connectivity index (χ3v) is 2.78. The van der Waals surface area contributed by atoms with Gasteiger partial charge in [-0.25, -0.2) is 0 Å². The molecule has 94 valence electrons. The Morgan fingerprint density at radius 3 is 2.53 bits per heavy atom. The number of amides is 1. The summed E-state index contributed by atoms with van der Waals surface area (Å²) in [6.45, 7) is 0. The maximum Gasteiger partial charge on any atom is 0.258 e. The Morgan fingerprint density at radius 1 is 1.21 bits per heavy atom. The molecule has 0 atom stereocenters. The second-order valence-electron chi connectivity index (χ2n) is 4.07. The molecular weight excluding hydrogens is 240 g/mol. The summed E-state index contributed by atoms with van der Waals surface area (Å²) in [6, 6.07) is 14.9. The minimum absolute atomic E-state index is 0.116. The number of phenols is 1. The van der Waals surface area contributed by atoms with Crippen LogP contribution in [0.3, 0.4) is 0 Å². The SMILES string of the molecule is CN(C(=O)c1ccc(O)cc1)c1cccc(C#N)c1. The molecule has 0 saturated carbocycles. The van der Waals surface area contributed by atoms with Gasteiger partial charge in [0.25, 0.3) is 5.91 Å². The van der Waals surface area contributed by atoms with Crippen molar-refractivity contribution < 1.29 is 9.90 Å². The van der Waals surface area contributed by atoms with E-state index in [1.54, 1.807) is 43.4 Å². The van der Waals surface area contributed by atoms with Crippen LogP contribution >= 0.6 is 0 Å². The Labute approximate surface area is 111 Å². The molecule has 0 heterocycles. The lowest BCUT2D eigenvalue weighted by Gasteiger charge is -2.17. The van der Waals surface area contributed by atoms with Crippen LogP contribution in [0.4, 0.5) is 5.69 Å².